The zero-order valence-corrected chi connectivity index (χ0v) is 16.9. The summed E-state index contributed by atoms with van der Waals surface area (Å²) in [6, 6.07) is 14.6. The van der Waals surface area contributed by atoms with E-state index in [2.05, 4.69) is 19.7 Å². The average molecular weight is 455 g/mol. The van der Waals surface area contributed by atoms with Gasteiger partial charge in [-0.2, -0.15) is 0 Å². The molecule has 2 aromatic heterocycles. The smallest absolute Gasteiger partial charge is 0.406 e. The second kappa shape index (κ2) is 9.33. The van der Waals surface area contributed by atoms with E-state index in [1.54, 1.807) is 36.7 Å². The Morgan fingerprint density at radius 3 is 2.12 bits per heavy atom. The molecule has 0 saturated carbocycles. The molecule has 0 radical (unpaired) electrons. The van der Waals surface area contributed by atoms with Crippen LogP contribution in [0.2, 0.25) is 0 Å². The van der Waals surface area contributed by atoms with Crippen LogP contribution in [0.5, 0.6) is 5.75 Å². The number of rotatable bonds is 6. The Bertz CT molecular complexity index is 1200. The minimum Gasteiger partial charge on any atom is -0.406 e. The van der Waals surface area contributed by atoms with E-state index >= 15 is 0 Å². The molecule has 2 aromatic carbocycles. The molecule has 0 amide bonds. The molecule has 0 fully saturated rings. The van der Waals surface area contributed by atoms with Gasteiger partial charge in [-0.25, -0.2) is 14.4 Å². The molecular weight excluding hydrogens is 438 g/mol. The molecule has 9 heteroatoms. The second-order valence-electron chi connectivity index (χ2n) is 7.19. The number of aliphatic hydroxyl groups is 1. The third-order valence-electron chi connectivity index (χ3n) is 4.97. The number of hydrogen-bond donors (Lipinski definition) is 1. The van der Waals surface area contributed by atoms with Gasteiger partial charge in [0.25, 0.3) is 0 Å². The summed E-state index contributed by atoms with van der Waals surface area (Å²) in [5.74, 6) is -1.43. The zero-order chi connectivity index (χ0) is 23.4. The number of alkyl halides is 3. The van der Waals surface area contributed by atoms with Crippen LogP contribution in [0.1, 0.15) is 28.8 Å². The molecule has 2 atom stereocenters. The van der Waals surface area contributed by atoms with E-state index < -0.39 is 24.2 Å². The lowest BCUT2D eigenvalue weighted by Crippen LogP contribution is -2.16. The molecule has 0 saturated heterocycles. The average Bonchev–Trinajstić information content (AvgIpc) is 2.80. The number of nitrogens with zero attached hydrogens (tertiary/aromatic N) is 3. The van der Waals surface area contributed by atoms with E-state index in [0.29, 0.717) is 27.9 Å². The predicted molar refractivity (Wildman–Crippen MR) is 112 cm³/mol. The van der Waals surface area contributed by atoms with Crippen LogP contribution in [-0.4, -0.2) is 26.4 Å². The van der Waals surface area contributed by atoms with Crippen molar-refractivity contribution in [3.05, 3.63) is 108 Å². The largest absolute Gasteiger partial charge is 0.573 e. The molecule has 33 heavy (non-hydrogen) atoms. The monoisotopic (exact) mass is 455 g/mol. The number of hydrogen-bond acceptors (Lipinski definition) is 5. The highest BCUT2D eigenvalue weighted by Crippen LogP contribution is 2.36. The first kappa shape index (κ1) is 22.3. The van der Waals surface area contributed by atoms with Crippen molar-refractivity contribution in [2.24, 2.45) is 0 Å². The highest BCUT2D eigenvalue weighted by atomic mass is 19.4. The van der Waals surface area contributed by atoms with Gasteiger partial charge in [0.15, 0.2) is 0 Å². The lowest BCUT2D eigenvalue weighted by atomic mass is 9.86. The van der Waals surface area contributed by atoms with Gasteiger partial charge in [0.2, 0.25) is 0 Å². The molecular formula is C24H17F4N3O2. The van der Waals surface area contributed by atoms with Crippen molar-refractivity contribution in [1.29, 1.82) is 0 Å². The molecule has 0 aliphatic rings. The molecule has 0 spiro atoms. The fourth-order valence-corrected chi connectivity index (χ4v) is 3.50. The topological polar surface area (TPSA) is 68.1 Å². The number of aliphatic hydroxyl groups excluding tert-OH is 1. The number of aromatic nitrogens is 3. The summed E-state index contributed by atoms with van der Waals surface area (Å²) in [7, 11) is 0. The van der Waals surface area contributed by atoms with E-state index in [4.69, 9.17) is 0 Å². The van der Waals surface area contributed by atoms with Crippen LogP contribution in [-0.2, 0) is 0 Å². The maximum absolute atomic E-state index is 13.9. The molecule has 4 aromatic rings. The first-order chi connectivity index (χ1) is 15.8. The van der Waals surface area contributed by atoms with E-state index in [9.17, 15) is 22.7 Å². The molecule has 1 N–H and O–H groups in total. The van der Waals surface area contributed by atoms with E-state index in [-0.39, 0.29) is 5.75 Å². The van der Waals surface area contributed by atoms with E-state index in [1.807, 2.05) is 0 Å². The van der Waals surface area contributed by atoms with Crippen molar-refractivity contribution >= 4 is 0 Å². The van der Waals surface area contributed by atoms with Crippen LogP contribution >= 0.6 is 0 Å². The Labute approximate surface area is 186 Å². The van der Waals surface area contributed by atoms with E-state index in [0.717, 1.165) is 0 Å². The Hall–Kier alpha value is -3.85. The summed E-state index contributed by atoms with van der Waals surface area (Å²) < 4.78 is 54.7. The van der Waals surface area contributed by atoms with Crippen LogP contribution in [0.15, 0.2) is 85.6 Å². The normalized spacial score (nSPS) is 13.4. The molecule has 168 valence electrons. The van der Waals surface area contributed by atoms with Crippen LogP contribution in [0.4, 0.5) is 17.6 Å². The van der Waals surface area contributed by atoms with Crippen molar-refractivity contribution in [2.45, 2.75) is 18.4 Å². The molecule has 5 nitrogen and oxygen atoms in total. The molecule has 2 unspecified atom stereocenters. The molecule has 2 heterocycles. The molecule has 0 aliphatic heterocycles. The summed E-state index contributed by atoms with van der Waals surface area (Å²) in [6.45, 7) is 0. The summed E-state index contributed by atoms with van der Waals surface area (Å²) >= 11 is 0. The number of pyridine rings is 1. The minimum absolute atomic E-state index is 0.325. The standard InChI is InChI=1S/C24H17F4N3O2/c25-19-3-1-2-16(10-19)22(18-11-29-14-30-12-18)23(32)21-9-6-17(13-31-21)15-4-7-20(8-5-15)33-24(26,27)28/h1-14,22-23,32H. The lowest BCUT2D eigenvalue weighted by Gasteiger charge is -2.23. The van der Waals surface area contributed by atoms with Crippen LogP contribution < -0.4 is 4.74 Å². The van der Waals surface area contributed by atoms with Crippen molar-refractivity contribution in [1.82, 2.24) is 15.0 Å². The van der Waals surface area contributed by atoms with Crippen molar-refractivity contribution < 1.29 is 27.4 Å². The highest BCUT2D eigenvalue weighted by Gasteiger charge is 2.31. The maximum Gasteiger partial charge on any atom is 0.573 e. The second-order valence-corrected chi connectivity index (χ2v) is 7.19. The summed E-state index contributed by atoms with van der Waals surface area (Å²) in [6.07, 6.45) is 0.0615. The van der Waals surface area contributed by atoms with Crippen molar-refractivity contribution in [2.75, 3.05) is 0 Å². The Kier molecular flexibility index (Phi) is 6.32. The summed E-state index contributed by atoms with van der Waals surface area (Å²) in [5, 5.41) is 11.1. The Morgan fingerprint density at radius 2 is 1.52 bits per heavy atom. The third-order valence-corrected chi connectivity index (χ3v) is 4.97. The van der Waals surface area contributed by atoms with Crippen LogP contribution in [0, 0.1) is 5.82 Å². The molecule has 4 rings (SSSR count). The van der Waals surface area contributed by atoms with Gasteiger partial charge < -0.3 is 9.84 Å². The number of ether oxygens (including phenoxy) is 1. The first-order valence-electron chi connectivity index (χ1n) is 9.81. The third kappa shape index (κ3) is 5.50. The van der Waals surface area contributed by atoms with Gasteiger partial charge >= 0.3 is 6.36 Å². The summed E-state index contributed by atoms with van der Waals surface area (Å²) in [4.78, 5) is 12.3. The zero-order valence-electron chi connectivity index (χ0n) is 16.9. The van der Waals surface area contributed by atoms with Gasteiger partial charge in [-0.05, 0) is 47.0 Å². The first-order valence-corrected chi connectivity index (χ1v) is 9.81. The Morgan fingerprint density at radius 1 is 0.818 bits per heavy atom. The molecule has 0 aliphatic carbocycles. The quantitative estimate of drug-likeness (QED) is 0.392. The number of benzene rings is 2. The van der Waals surface area contributed by atoms with Crippen molar-refractivity contribution in [3.63, 3.8) is 0 Å². The highest BCUT2D eigenvalue weighted by molar-refractivity contribution is 5.63. The summed E-state index contributed by atoms with van der Waals surface area (Å²) in [5.41, 5.74) is 2.70. The van der Waals surface area contributed by atoms with Crippen molar-refractivity contribution in [3.8, 4) is 16.9 Å². The fourth-order valence-electron chi connectivity index (χ4n) is 3.50. The van der Waals surface area contributed by atoms with Gasteiger partial charge in [0.05, 0.1) is 5.69 Å². The van der Waals surface area contributed by atoms with Gasteiger partial charge in [-0.3, -0.25) is 4.98 Å². The number of halogens is 4. The van der Waals surface area contributed by atoms with E-state index in [1.165, 1.54) is 48.9 Å². The van der Waals surface area contributed by atoms with Gasteiger partial charge in [0, 0.05) is 30.1 Å². The fraction of sp³-hybridized carbons (Fsp3) is 0.125. The van der Waals surface area contributed by atoms with Gasteiger partial charge in [-0.1, -0.05) is 30.3 Å². The minimum atomic E-state index is -4.76. The maximum atomic E-state index is 13.9. The van der Waals surface area contributed by atoms with Crippen LogP contribution in [0.25, 0.3) is 11.1 Å². The SMILES string of the molecule is OC(c1ccc(-c2ccc(OC(F)(F)F)cc2)cn1)C(c1cncnc1)c1cccc(F)c1. The van der Waals surface area contributed by atoms with Gasteiger partial charge in [0.1, 0.15) is 24.0 Å². The molecule has 0 bridgehead atoms. The van der Waals surface area contributed by atoms with Gasteiger partial charge in [-0.15, -0.1) is 13.2 Å². The lowest BCUT2D eigenvalue weighted by molar-refractivity contribution is -0.274. The Balaban J connectivity index is 1.60. The van der Waals surface area contributed by atoms with Crippen LogP contribution in [0.3, 0.4) is 0 Å². The predicted octanol–water partition coefficient (Wildman–Crippen LogP) is 5.44.